The number of anilines is 1. The van der Waals surface area contributed by atoms with Crippen molar-refractivity contribution in [3.63, 3.8) is 0 Å². The summed E-state index contributed by atoms with van der Waals surface area (Å²) >= 11 is 0. The lowest BCUT2D eigenvalue weighted by Gasteiger charge is -2.37. The van der Waals surface area contributed by atoms with Gasteiger partial charge in [0.05, 0.1) is 17.0 Å². The van der Waals surface area contributed by atoms with Gasteiger partial charge >= 0.3 is 0 Å². The molecule has 1 aromatic heterocycles. The van der Waals surface area contributed by atoms with E-state index in [2.05, 4.69) is 53.8 Å². The van der Waals surface area contributed by atoms with Crippen LogP contribution in [0.4, 0.5) is 5.69 Å². The molecule has 3 aliphatic rings. The summed E-state index contributed by atoms with van der Waals surface area (Å²) in [6, 6.07) is 6.84. The molecule has 2 aromatic rings. The van der Waals surface area contributed by atoms with E-state index in [0.29, 0.717) is 5.92 Å². The van der Waals surface area contributed by atoms with Gasteiger partial charge in [0.1, 0.15) is 0 Å². The van der Waals surface area contributed by atoms with Crippen molar-refractivity contribution in [3.05, 3.63) is 18.2 Å². The molecule has 4 heterocycles. The van der Waals surface area contributed by atoms with Crippen molar-refractivity contribution in [2.45, 2.75) is 90.6 Å². The summed E-state index contributed by atoms with van der Waals surface area (Å²) in [4.78, 5) is 7.95. The zero-order valence-corrected chi connectivity index (χ0v) is 24.5. The number of aromatic nitrogens is 2. The second-order valence-corrected chi connectivity index (χ2v) is 12.6. The molecule has 0 spiro atoms. The van der Waals surface area contributed by atoms with Crippen LogP contribution in [0.1, 0.15) is 84.5 Å². The van der Waals surface area contributed by atoms with E-state index in [1.54, 1.807) is 0 Å². The maximum Gasteiger partial charge on any atom is 0.241 e. The maximum atomic E-state index is 6.50. The molecule has 5 rings (SSSR count). The fourth-order valence-corrected chi connectivity index (χ4v) is 7.17. The Morgan fingerprint density at radius 2 is 1.42 bits per heavy atom. The molecule has 0 radical (unpaired) electrons. The molecule has 6 heteroatoms. The van der Waals surface area contributed by atoms with Gasteiger partial charge in [-0.2, -0.15) is 0 Å². The maximum absolute atomic E-state index is 6.50. The van der Waals surface area contributed by atoms with E-state index in [-0.39, 0.29) is 6.10 Å². The Morgan fingerprint density at radius 3 is 2.13 bits per heavy atom. The molecule has 0 amide bonds. The molecule has 6 nitrogen and oxygen atoms in total. The van der Waals surface area contributed by atoms with Gasteiger partial charge < -0.3 is 19.4 Å². The fourth-order valence-electron chi connectivity index (χ4n) is 7.17. The predicted octanol–water partition coefficient (Wildman–Crippen LogP) is 6.34. The van der Waals surface area contributed by atoms with Crippen molar-refractivity contribution >= 4 is 16.6 Å². The van der Waals surface area contributed by atoms with Crippen molar-refractivity contribution in [1.29, 1.82) is 0 Å². The standard InChI is InChI=1S/C32H53N5O/c1-26(28-14-20-36(21-15-28)23-22-35-16-8-7-9-17-35)24-27(2)38-32-30-13-12-29(25-31(30)34(3)33-32)37-18-10-5-4-6-11-19-37/h12-13,25-28H,4-11,14-24H2,1-3H3. The molecule has 0 aliphatic carbocycles. The molecular weight excluding hydrogens is 470 g/mol. The SMILES string of the molecule is CC(CC(C)C1CCN(CCN2CCCCC2)CC1)Oc1nn(C)c2cc(N3CCCCCCC3)ccc12. The number of hydrogen-bond donors (Lipinski definition) is 0. The Hall–Kier alpha value is -1.79. The number of fused-ring (bicyclic) bond motifs is 1. The molecule has 2 atom stereocenters. The molecule has 0 N–H and O–H groups in total. The Labute approximate surface area is 231 Å². The van der Waals surface area contributed by atoms with Crippen molar-refractivity contribution in [1.82, 2.24) is 19.6 Å². The van der Waals surface area contributed by atoms with Crippen LogP contribution >= 0.6 is 0 Å². The number of nitrogens with zero attached hydrogens (tertiary/aromatic N) is 5. The first kappa shape index (κ1) is 27.8. The summed E-state index contributed by atoms with van der Waals surface area (Å²) in [5.41, 5.74) is 2.51. The van der Waals surface area contributed by atoms with Crippen LogP contribution in [-0.4, -0.2) is 78.0 Å². The number of likely N-dealkylation sites (tertiary alicyclic amines) is 2. The lowest BCUT2D eigenvalue weighted by molar-refractivity contribution is 0.106. The minimum Gasteiger partial charge on any atom is -0.473 e. The number of rotatable bonds is 9. The summed E-state index contributed by atoms with van der Waals surface area (Å²) < 4.78 is 8.51. The Balaban J connectivity index is 1.10. The molecule has 3 aliphatic heterocycles. The predicted molar refractivity (Wildman–Crippen MR) is 159 cm³/mol. The summed E-state index contributed by atoms with van der Waals surface area (Å²) in [7, 11) is 2.05. The number of hydrogen-bond acceptors (Lipinski definition) is 5. The van der Waals surface area contributed by atoms with E-state index in [9.17, 15) is 0 Å². The van der Waals surface area contributed by atoms with E-state index in [1.165, 1.54) is 128 Å². The average molecular weight is 524 g/mol. The second kappa shape index (κ2) is 13.5. The van der Waals surface area contributed by atoms with Crippen LogP contribution in [0, 0.1) is 11.8 Å². The van der Waals surface area contributed by atoms with Gasteiger partial charge in [-0.3, -0.25) is 4.68 Å². The quantitative estimate of drug-likeness (QED) is 0.384. The first-order chi connectivity index (χ1) is 18.6. The van der Waals surface area contributed by atoms with Crippen LogP contribution in [0.15, 0.2) is 18.2 Å². The van der Waals surface area contributed by atoms with Crippen molar-refractivity contribution in [2.75, 3.05) is 57.3 Å². The third-order valence-electron chi connectivity index (χ3n) is 9.66. The minimum atomic E-state index is 0.175. The molecule has 1 aromatic carbocycles. The first-order valence-electron chi connectivity index (χ1n) is 15.9. The van der Waals surface area contributed by atoms with E-state index in [0.717, 1.165) is 23.6 Å². The monoisotopic (exact) mass is 523 g/mol. The highest BCUT2D eigenvalue weighted by molar-refractivity contribution is 5.87. The lowest BCUT2D eigenvalue weighted by Crippen LogP contribution is -2.42. The molecule has 2 unspecified atom stereocenters. The van der Waals surface area contributed by atoms with E-state index >= 15 is 0 Å². The van der Waals surface area contributed by atoms with Gasteiger partial charge in [-0.05, 0) is 108 Å². The molecule has 3 fully saturated rings. The van der Waals surface area contributed by atoms with Gasteiger partial charge in [-0.25, -0.2) is 0 Å². The smallest absolute Gasteiger partial charge is 0.241 e. The summed E-state index contributed by atoms with van der Waals surface area (Å²) in [6.45, 7) is 14.7. The van der Waals surface area contributed by atoms with Crippen molar-refractivity contribution in [2.24, 2.45) is 18.9 Å². The zero-order chi connectivity index (χ0) is 26.3. The average Bonchev–Trinajstić information content (AvgIpc) is 3.22. The number of benzene rings is 1. The van der Waals surface area contributed by atoms with Crippen molar-refractivity contribution in [3.8, 4) is 5.88 Å². The van der Waals surface area contributed by atoms with E-state index in [4.69, 9.17) is 9.84 Å². The van der Waals surface area contributed by atoms with Crippen LogP contribution in [-0.2, 0) is 7.05 Å². The van der Waals surface area contributed by atoms with Crippen LogP contribution in [0.5, 0.6) is 5.88 Å². The molecular formula is C32H53N5O. The van der Waals surface area contributed by atoms with Crippen LogP contribution < -0.4 is 9.64 Å². The van der Waals surface area contributed by atoms with Crippen LogP contribution in [0.2, 0.25) is 0 Å². The highest BCUT2D eigenvalue weighted by Gasteiger charge is 2.26. The number of ether oxygens (including phenoxy) is 1. The normalized spacial score (nSPS) is 22.8. The Kier molecular flexibility index (Phi) is 9.88. The van der Waals surface area contributed by atoms with Gasteiger partial charge in [0.25, 0.3) is 0 Å². The van der Waals surface area contributed by atoms with Gasteiger partial charge in [0.15, 0.2) is 0 Å². The molecule has 212 valence electrons. The Bertz CT molecular complexity index is 983. The largest absolute Gasteiger partial charge is 0.473 e. The molecule has 0 bridgehead atoms. The zero-order valence-electron chi connectivity index (χ0n) is 24.5. The molecule has 38 heavy (non-hydrogen) atoms. The van der Waals surface area contributed by atoms with E-state index < -0.39 is 0 Å². The topological polar surface area (TPSA) is 36.8 Å². The second-order valence-electron chi connectivity index (χ2n) is 12.6. The third kappa shape index (κ3) is 7.24. The molecule has 3 saturated heterocycles. The summed E-state index contributed by atoms with van der Waals surface area (Å²) in [5.74, 6) is 2.30. The van der Waals surface area contributed by atoms with Gasteiger partial charge in [-0.1, -0.05) is 32.6 Å². The lowest BCUT2D eigenvalue weighted by atomic mass is 9.82. The highest BCUT2D eigenvalue weighted by Crippen LogP contribution is 2.32. The fraction of sp³-hybridized carbons (Fsp3) is 0.781. The van der Waals surface area contributed by atoms with Crippen LogP contribution in [0.25, 0.3) is 10.9 Å². The van der Waals surface area contributed by atoms with Gasteiger partial charge in [0, 0.05) is 38.9 Å². The highest BCUT2D eigenvalue weighted by atomic mass is 16.5. The van der Waals surface area contributed by atoms with Gasteiger partial charge in [0.2, 0.25) is 5.88 Å². The summed E-state index contributed by atoms with van der Waals surface area (Å²) in [6.07, 6.45) is 14.9. The van der Waals surface area contributed by atoms with Crippen molar-refractivity contribution < 1.29 is 4.74 Å². The van der Waals surface area contributed by atoms with Gasteiger partial charge in [-0.15, -0.1) is 5.10 Å². The number of aryl methyl sites for hydroxylation is 1. The van der Waals surface area contributed by atoms with Crippen LogP contribution in [0.3, 0.4) is 0 Å². The summed E-state index contributed by atoms with van der Waals surface area (Å²) in [5, 5.41) is 5.95. The first-order valence-corrected chi connectivity index (χ1v) is 15.9. The minimum absolute atomic E-state index is 0.175. The number of piperidine rings is 2. The third-order valence-corrected chi connectivity index (χ3v) is 9.66. The Morgan fingerprint density at radius 1 is 0.816 bits per heavy atom. The molecule has 0 saturated carbocycles. The van der Waals surface area contributed by atoms with E-state index in [1.807, 2.05) is 4.68 Å².